The molecule has 1 heterocycles. The second-order valence-corrected chi connectivity index (χ2v) is 6.65. The van der Waals surface area contributed by atoms with Crippen LogP contribution in [0.3, 0.4) is 0 Å². The average molecular weight is 368 g/mol. The summed E-state index contributed by atoms with van der Waals surface area (Å²) in [6.45, 7) is 3.20. The van der Waals surface area contributed by atoms with E-state index >= 15 is 0 Å². The molecular weight excluding hydrogens is 346 g/mol. The van der Waals surface area contributed by atoms with Crippen molar-refractivity contribution >= 4 is 27.7 Å². The fourth-order valence-corrected chi connectivity index (χ4v) is 2.68. The minimum absolute atomic E-state index is 0.0351. The van der Waals surface area contributed by atoms with E-state index in [-0.39, 0.29) is 11.8 Å². The molecule has 2 amide bonds. The molecule has 1 aromatic carbocycles. The predicted molar refractivity (Wildman–Crippen MR) is 89.8 cm³/mol. The van der Waals surface area contributed by atoms with Gasteiger partial charge in [-0.3, -0.25) is 9.59 Å². The van der Waals surface area contributed by atoms with Gasteiger partial charge in [-0.1, -0.05) is 15.9 Å². The van der Waals surface area contributed by atoms with E-state index in [1.54, 1.807) is 0 Å². The van der Waals surface area contributed by atoms with Crippen LogP contribution in [-0.2, 0) is 4.79 Å². The van der Waals surface area contributed by atoms with Crippen molar-refractivity contribution < 1.29 is 9.59 Å². The molecule has 0 saturated carbocycles. The van der Waals surface area contributed by atoms with Crippen molar-refractivity contribution in [2.75, 3.05) is 46.8 Å². The van der Waals surface area contributed by atoms with E-state index in [4.69, 9.17) is 0 Å². The van der Waals surface area contributed by atoms with Gasteiger partial charge in [-0.05, 0) is 38.4 Å². The molecule has 1 saturated heterocycles. The second kappa shape index (κ2) is 7.74. The van der Waals surface area contributed by atoms with E-state index in [0.717, 1.165) is 11.0 Å². The summed E-state index contributed by atoms with van der Waals surface area (Å²) in [5.74, 6) is 0.206. The first-order valence-corrected chi connectivity index (χ1v) is 8.24. The highest BCUT2D eigenvalue weighted by Gasteiger charge is 2.24. The van der Waals surface area contributed by atoms with E-state index in [2.05, 4.69) is 15.9 Å². The smallest absolute Gasteiger partial charge is 0.253 e. The number of benzene rings is 1. The summed E-state index contributed by atoms with van der Waals surface area (Å²) in [6, 6.07) is 7.38. The average Bonchev–Trinajstić information content (AvgIpc) is 2.53. The van der Waals surface area contributed by atoms with Gasteiger partial charge in [0.1, 0.15) is 0 Å². The maximum Gasteiger partial charge on any atom is 0.253 e. The lowest BCUT2D eigenvalue weighted by Crippen LogP contribution is -2.50. The fraction of sp³-hybridized carbons (Fsp3) is 0.500. The van der Waals surface area contributed by atoms with Gasteiger partial charge < -0.3 is 14.7 Å². The van der Waals surface area contributed by atoms with E-state index in [9.17, 15) is 9.59 Å². The molecule has 0 aromatic heterocycles. The lowest BCUT2D eigenvalue weighted by atomic mass is 10.2. The molecule has 5 nitrogen and oxygen atoms in total. The largest absolute Gasteiger partial charge is 0.339 e. The first-order valence-electron chi connectivity index (χ1n) is 7.44. The summed E-state index contributed by atoms with van der Waals surface area (Å²) >= 11 is 3.37. The maximum absolute atomic E-state index is 12.4. The summed E-state index contributed by atoms with van der Waals surface area (Å²) in [5.41, 5.74) is 0.690. The van der Waals surface area contributed by atoms with Crippen molar-refractivity contribution in [1.29, 1.82) is 0 Å². The number of hydrogen-bond donors (Lipinski definition) is 0. The molecular formula is C16H22BrN3O2. The fourth-order valence-electron chi connectivity index (χ4n) is 2.41. The first kappa shape index (κ1) is 17.0. The molecule has 0 N–H and O–H groups in total. The minimum atomic E-state index is 0.0351. The van der Waals surface area contributed by atoms with Gasteiger partial charge in [0.25, 0.3) is 5.91 Å². The van der Waals surface area contributed by atoms with Crippen LogP contribution in [0.25, 0.3) is 0 Å². The Morgan fingerprint density at radius 2 is 1.59 bits per heavy atom. The number of halogens is 1. The number of hydrogen-bond acceptors (Lipinski definition) is 3. The Morgan fingerprint density at radius 3 is 2.14 bits per heavy atom. The Bertz CT molecular complexity index is 523. The zero-order valence-corrected chi connectivity index (χ0v) is 14.7. The molecule has 0 spiro atoms. The molecule has 6 heteroatoms. The Balaban J connectivity index is 1.85. The summed E-state index contributed by atoms with van der Waals surface area (Å²) in [7, 11) is 3.92. The van der Waals surface area contributed by atoms with Crippen molar-refractivity contribution in [2.45, 2.75) is 6.42 Å². The van der Waals surface area contributed by atoms with Gasteiger partial charge in [0.15, 0.2) is 0 Å². The highest BCUT2D eigenvalue weighted by atomic mass is 79.9. The molecule has 1 fully saturated rings. The number of rotatable bonds is 4. The number of piperazine rings is 1. The van der Waals surface area contributed by atoms with E-state index in [0.29, 0.717) is 38.2 Å². The van der Waals surface area contributed by atoms with Crippen molar-refractivity contribution in [3.63, 3.8) is 0 Å². The lowest BCUT2D eigenvalue weighted by molar-refractivity contribution is -0.132. The van der Waals surface area contributed by atoms with Crippen LogP contribution < -0.4 is 0 Å². The van der Waals surface area contributed by atoms with Gasteiger partial charge in [0.05, 0.1) is 0 Å². The Labute approximate surface area is 140 Å². The zero-order chi connectivity index (χ0) is 16.1. The normalized spacial score (nSPS) is 15.3. The van der Waals surface area contributed by atoms with Crippen LogP contribution in [0.15, 0.2) is 28.7 Å². The molecule has 2 rings (SSSR count). The molecule has 0 bridgehead atoms. The van der Waals surface area contributed by atoms with Crippen LogP contribution in [-0.4, -0.2) is 73.3 Å². The van der Waals surface area contributed by atoms with Gasteiger partial charge in [-0.15, -0.1) is 0 Å². The Kier molecular flexibility index (Phi) is 5.97. The van der Waals surface area contributed by atoms with Crippen LogP contribution in [0.5, 0.6) is 0 Å². The third-order valence-corrected chi connectivity index (χ3v) is 4.31. The topological polar surface area (TPSA) is 43.9 Å². The third kappa shape index (κ3) is 4.55. The zero-order valence-electron chi connectivity index (χ0n) is 13.1. The van der Waals surface area contributed by atoms with E-state index in [1.165, 1.54) is 0 Å². The third-order valence-electron chi connectivity index (χ3n) is 3.78. The molecule has 1 aromatic rings. The molecule has 1 aliphatic rings. The van der Waals surface area contributed by atoms with Crippen LogP contribution in [0, 0.1) is 0 Å². The molecule has 0 unspecified atom stereocenters. The molecule has 0 radical (unpaired) electrons. The van der Waals surface area contributed by atoms with Gasteiger partial charge in [0.2, 0.25) is 5.91 Å². The molecule has 0 aliphatic carbocycles. The summed E-state index contributed by atoms with van der Waals surface area (Å²) in [6.07, 6.45) is 0.535. The van der Waals surface area contributed by atoms with Crippen molar-refractivity contribution in [3.8, 4) is 0 Å². The first-order chi connectivity index (χ1) is 10.5. The SMILES string of the molecule is CN(C)CCC(=O)N1CCN(C(=O)c2ccc(Br)cc2)CC1. The predicted octanol–water partition coefficient (Wildman–Crippen LogP) is 1.69. The van der Waals surface area contributed by atoms with Crippen LogP contribution in [0.1, 0.15) is 16.8 Å². The molecule has 22 heavy (non-hydrogen) atoms. The summed E-state index contributed by atoms with van der Waals surface area (Å²) < 4.78 is 0.959. The maximum atomic E-state index is 12.4. The summed E-state index contributed by atoms with van der Waals surface area (Å²) in [4.78, 5) is 30.2. The molecule has 120 valence electrons. The lowest BCUT2D eigenvalue weighted by Gasteiger charge is -2.35. The second-order valence-electron chi connectivity index (χ2n) is 5.73. The van der Waals surface area contributed by atoms with Crippen molar-refractivity contribution in [2.24, 2.45) is 0 Å². The summed E-state index contributed by atoms with van der Waals surface area (Å²) in [5, 5.41) is 0. The van der Waals surface area contributed by atoms with E-state index in [1.807, 2.05) is 53.1 Å². The molecule has 0 atom stereocenters. The van der Waals surface area contributed by atoms with Gasteiger partial charge in [-0.2, -0.15) is 0 Å². The van der Waals surface area contributed by atoms with Crippen molar-refractivity contribution in [1.82, 2.24) is 14.7 Å². The number of amides is 2. The van der Waals surface area contributed by atoms with Crippen LogP contribution in [0.4, 0.5) is 0 Å². The van der Waals surface area contributed by atoms with Crippen molar-refractivity contribution in [3.05, 3.63) is 34.3 Å². The Morgan fingerprint density at radius 1 is 1.05 bits per heavy atom. The number of carbonyl (C=O) groups excluding carboxylic acids is 2. The standard InChI is InChI=1S/C16H22BrN3O2/c1-18(2)8-7-15(21)19-9-11-20(12-10-19)16(22)13-3-5-14(17)6-4-13/h3-6H,7-12H2,1-2H3. The molecule has 1 aliphatic heterocycles. The Hall–Kier alpha value is -1.40. The van der Waals surface area contributed by atoms with Crippen LogP contribution >= 0.6 is 15.9 Å². The number of nitrogens with zero attached hydrogens (tertiary/aromatic N) is 3. The van der Waals surface area contributed by atoms with Crippen LogP contribution in [0.2, 0.25) is 0 Å². The highest BCUT2D eigenvalue weighted by Crippen LogP contribution is 2.14. The van der Waals surface area contributed by atoms with E-state index < -0.39 is 0 Å². The van der Waals surface area contributed by atoms with Gasteiger partial charge in [0, 0.05) is 49.2 Å². The van der Waals surface area contributed by atoms with Gasteiger partial charge >= 0.3 is 0 Å². The quantitative estimate of drug-likeness (QED) is 0.813. The number of carbonyl (C=O) groups is 2. The monoisotopic (exact) mass is 367 g/mol. The van der Waals surface area contributed by atoms with Gasteiger partial charge in [-0.25, -0.2) is 0 Å². The highest BCUT2D eigenvalue weighted by molar-refractivity contribution is 9.10. The minimum Gasteiger partial charge on any atom is -0.339 e.